The van der Waals surface area contributed by atoms with E-state index in [-0.39, 0.29) is 0 Å². The summed E-state index contributed by atoms with van der Waals surface area (Å²) in [5, 5.41) is 9.78. The highest BCUT2D eigenvalue weighted by Crippen LogP contribution is 2.17. The third kappa shape index (κ3) is 14.9. The van der Waals surface area contributed by atoms with Gasteiger partial charge in [-0.2, -0.15) is 0 Å². The van der Waals surface area contributed by atoms with Crippen molar-refractivity contribution in [3.63, 3.8) is 0 Å². The minimum Gasteiger partial charge on any atom is -0.343 e. The highest BCUT2D eigenvalue weighted by Gasteiger charge is 2.24. The molecule has 1 N–H and O–H groups in total. The van der Waals surface area contributed by atoms with E-state index in [0.29, 0.717) is 6.42 Å². The fourth-order valence-electron chi connectivity index (χ4n) is 2.71. The fourth-order valence-corrected chi connectivity index (χ4v) is 2.71. The summed E-state index contributed by atoms with van der Waals surface area (Å²) in [5.41, 5.74) is 0. The van der Waals surface area contributed by atoms with Gasteiger partial charge in [-0.25, -0.2) is 0 Å². The SMILES string of the molecule is CCCCCCCCC=CCCCCCCCC(O)(OC)OC. The molecule has 0 aliphatic carbocycles. The lowest BCUT2D eigenvalue weighted by Crippen LogP contribution is -2.32. The third-order valence-corrected chi connectivity index (χ3v) is 4.39. The van der Waals surface area contributed by atoms with Crippen molar-refractivity contribution >= 4 is 0 Å². The van der Waals surface area contributed by atoms with Crippen LogP contribution in [-0.4, -0.2) is 25.3 Å². The molecule has 0 radical (unpaired) electrons. The van der Waals surface area contributed by atoms with Gasteiger partial charge in [0.15, 0.2) is 0 Å². The van der Waals surface area contributed by atoms with E-state index in [9.17, 15) is 5.11 Å². The van der Waals surface area contributed by atoms with Crippen LogP contribution in [0.5, 0.6) is 0 Å². The third-order valence-electron chi connectivity index (χ3n) is 4.39. The van der Waals surface area contributed by atoms with Crippen molar-refractivity contribution in [2.24, 2.45) is 0 Å². The summed E-state index contributed by atoms with van der Waals surface area (Å²) < 4.78 is 9.86. The van der Waals surface area contributed by atoms with Gasteiger partial charge in [0.1, 0.15) is 0 Å². The molecule has 0 rings (SSSR count). The summed E-state index contributed by atoms with van der Waals surface area (Å²) in [5.74, 6) is -1.39. The molecule has 0 fully saturated rings. The van der Waals surface area contributed by atoms with Crippen molar-refractivity contribution < 1.29 is 14.6 Å². The maximum Gasteiger partial charge on any atom is 0.279 e. The molecular weight excluding hydrogens is 288 g/mol. The van der Waals surface area contributed by atoms with Crippen molar-refractivity contribution in [3.05, 3.63) is 12.2 Å². The Morgan fingerprint density at radius 1 is 0.696 bits per heavy atom. The summed E-state index contributed by atoms with van der Waals surface area (Å²) in [4.78, 5) is 0. The van der Waals surface area contributed by atoms with Gasteiger partial charge >= 0.3 is 0 Å². The highest BCUT2D eigenvalue weighted by atomic mass is 16.8. The number of methoxy groups -OCH3 is 2. The van der Waals surface area contributed by atoms with Crippen molar-refractivity contribution in [1.29, 1.82) is 0 Å². The van der Waals surface area contributed by atoms with E-state index in [1.54, 1.807) is 0 Å². The molecule has 0 saturated heterocycles. The second-order valence-corrected chi connectivity index (χ2v) is 6.46. The van der Waals surface area contributed by atoms with Gasteiger partial charge in [0.2, 0.25) is 0 Å². The quantitative estimate of drug-likeness (QED) is 0.203. The van der Waals surface area contributed by atoms with Crippen LogP contribution in [0.2, 0.25) is 0 Å². The zero-order chi connectivity index (χ0) is 17.2. The molecule has 138 valence electrons. The predicted octanol–water partition coefficient (Wildman–Crippen LogP) is 5.96. The second-order valence-electron chi connectivity index (χ2n) is 6.46. The molecule has 23 heavy (non-hydrogen) atoms. The van der Waals surface area contributed by atoms with Crippen LogP contribution in [0.15, 0.2) is 12.2 Å². The van der Waals surface area contributed by atoms with Gasteiger partial charge in [-0.15, -0.1) is 0 Å². The van der Waals surface area contributed by atoms with E-state index in [4.69, 9.17) is 9.47 Å². The highest BCUT2D eigenvalue weighted by molar-refractivity contribution is 4.81. The van der Waals surface area contributed by atoms with Crippen LogP contribution in [0, 0.1) is 0 Å². The van der Waals surface area contributed by atoms with Crippen molar-refractivity contribution in [3.8, 4) is 0 Å². The van der Waals surface area contributed by atoms with Crippen LogP contribution in [-0.2, 0) is 9.47 Å². The zero-order valence-electron chi connectivity index (χ0n) is 15.8. The number of hydrogen-bond acceptors (Lipinski definition) is 3. The molecular formula is C20H40O3. The zero-order valence-corrected chi connectivity index (χ0v) is 15.8. The number of aliphatic hydroxyl groups is 1. The largest absolute Gasteiger partial charge is 0.343 e. The Morgan fingerprint density at radius 2 is 1.13 bits per heavy atom. The Bertz CT molecular complexity index is 260. The van der Waals surface area contributed by atoms with Gasteiger partial charge < -0.3 is 14.6 Å². The normalized spacial score (nSPS) is 12.3. The number of unbranched alkanes of at least 4 members (excludes halogenated alkanes) is 11. The average Bonchev–Trinajstić information content (AvgIpc) is 2.58. The number of ether oxygens (including phenoxy) is 2. The van der Waals surface area contributed by atoms with Gasteiger partial charge in [-0.3, -0.25) is 0 Å². The fraction of sp³-hybridized carbons (Fsp3) is 0.900. The predicted molar refractivity (Wildman–Crippen MR) is 98.4 cm³/mol. The molecule has 0 aromatic carbocycles. The molecule has 0 bridgehead atoms. The van der Waals surface area contributed by atoms with Gasteiger partial charge in [0.05, 0.1) is 0 Å². The van der Waals surface area contributed by atoms with E-state index in [2.05, 4.69) is 19.1 Å². The lowest BCUT2D eigenvalue weighted by molar-refractivity contribution is -0.342. The van der Waals surface area contributed by atoms with E-state index in [0.717, 1.165) is 12.8 Å². The maximum absolute atomic E-state index is 9.78. The smallest absolute Gasteiger partial charge is 0.279 e. The molecule has 0 aromatic heterocycles. The Hall–Kier alpha value is -0.380. The summed E-state index contributed by atoms with van der Waals surface area (Å²) in [7, 11) is 2.95. The minimum atomic E-state index is -1.39. The van der Waals surface area contributed by atoms with Crippen molar-refractivity contribution in [1.82, 2.24) is 0 Å². The number of hydrogen-bond donors (Lipinski definition) is 1. The Kier molecular flexibility index (Phi) is 16.2. The van der Waals surface area contributed by atoms with Gasteiger partial charge in [0, 0.05) is 20.6 Å². The molecule has 3 nitrogen and oxygen atoms in total. The van der Waals surface area contributed by atoms with Crippen LogP contribution >= 0.6 is 0 Å². The molecule has 3 heteroatoms. The summed E-state index contributed by atoms with van der Waals surface area (Å²) in [6, 6.07) is 0. The molecule has 0 amide bonds. The summed E-state index contributed by atoms with van der Waals surface area (Å²) in [6.07, 6.45) is 21.8. The lowest BCUT2D eigenvalue weighted by Gasteiger charge is -2.23. The van der Waals surface area contributed by atoms with E-state index in [1.807, 2.05) is 0 Å². The number of rotatable bonds is 17. The van der Waals surface area contributed by atoms with Gasteiger partial charge in [-0.05, 0) is 32.1 Å². The summed E-state index contributed by atoms with van der Waals surface area (Å²) in [6.45, 7) is 2.27. The topological polar surface area (TPSA) is 38.7 Å². The van der Waals surface area contributed by atoms with Crippen LogP contribution < -0.4 is 0 Å². The molecule has 0 aromatic rings. The number of allylic oxidation sites excluding steroid dienone is 2. The molecule has 0 saturated carbocycles. The molecule has 0 atom stereocenters. The molecule has 0 unspecified atom stereocenters. The maximum atomic E-state index is 9.78. The molecule has 0 spiro atoms. The van der Waals surface area contributed by atoms with Crippen molar-refractivity contribution in [2.45, 2.75) is 103 Å². The minimum absolute atomic E-state index is 0.540. The summed E-state index contributed by atoms with van der Waals surface area (Å²) >= 11 is 0. The first kappa shape index (κ1) is 22.6. The van der Waals surface area contributed by atoms with Crippen molar-refractivity contribution in [2.75, 3.05) is 14.2 Å². The first-order chi connectivity index (χ1) is 11.2. The van der Waals surface area contributed by atoms with Gasteiger partial charge in [-0.1, -0.05) is 70.4 Å². The molecule has 0 aliphatic heterocycles. The van der Waals surface area contributed by atoms with Crippen LogP contribution in [0.25, 0.3) is 0 Å². The standard InChI is InChI=1S/C20H40O3/c1-4-5-6-7-8-9-10-11-12-13-14-15-16-17-18-19-20(21,22-2)23-3/h11-12,21H,4-10,13-19H2,1-3H3. The average molecular weight is 329 g/mol. The Morgan fingerprint density at radius 3 is 1.61 bits per heavy atom. The van der Waals surface area contributed by atoms with Gasteiger partial charge in [0.25, 0.3) is 5.97 Å². The Labute approximate surface area is 144 Å². The monoisotopic (exact) mass is 328 g/mol. The molecule has 0 aliphatic rings. The van der Waals surface area contributed by atoms with Crippen LogP contribution in [0.4, 0.5) is 0 Å². The Balaban J connectivity index is 3.25. The van der Waals surface area contributed by atoms with E-state index >= 15 is 0 Å². The first-order valence-electron chi connectivity index (χ1n) is 9.66. The second kappa shape index (κ2) is 16.5. The van der Waals surface area contributed by atoms with Crippen LogP contribution in [0.3, 0.4) is 0 Å². The van der Waals surface area contributed by atoms with E-state index < -0.39 is 5.97 Å². The first-order valence-corrected chi connectivity index (χ1v) is 9.66. The van der Waals surface area contributed by atoms with E-state index in [1.165, 1.54) is 84.8 Å². The lowest BCUT2D eigenvalue weighted by atomic mass is 10.1. The molecule has 0 heterocycles. The van der Waals surface area contributed by atoms with Crippen LogP contribution in [0.1, 0.15) is 96.8 Å².